The first-order chi connectivity index (χ1) is 13.7. The molecule has 3 rings (SSSR count). The number of methoxy groups -OCH3 is 1. The van der Waals surface area contributed by atoms with Crippen LogP contribution in [0.2, 0.25) is 0 Å². The van der Waals surface area contributed by atoms with E-state index in [1.807, 2.05) is 19.2 Å². The van der Waals surface area contributed by atoms with E-state index in [2.05, 4.69) is 50.9 Å². The summed E-state index contributed by atoms with van der Waals surface area (Å²) in [7, 11) is 3.59. The van der Waals surface area contributed by atoms with Crippen LogP contribution in [-0.2, 0) is 4.74 Å². The van der Waals surface area contributed by atoms with Gasteiger partial charge in [-0.2, -0.15) is 11.8 Å². The largest absolute Gasteiger partial charge is 0.497 e. The molecule has 2 heterocycles. The number of halogens is 1. The first kappa shape index (κ1) is 24.4. The quantitative estimate of drug-likeness (QED) is 0.344. The second-order valence-electron chi connectivity index (χ2n) is 7.30. The summed E-state index contributed by atoms with van der Waals surface area (Å²) in [5.74, 6) is 3.07. The third kappa shape index (κ3) is 6.55. The summed E-state index contributed by atoms with van der Waals surface area (Å²) in [4.78, 5) is 9.37. The number of nitrogens with one attached hydrogen (secondary N) is 1. The van der Waals surface area contributed by atoms with E-state index in [1.54, 1.807) is 7.11 Å². The van der Waals surface area contributed by atoms with Crippen molar-refractivity contribution in [3.63, 3.8) is 0 Å². The van der Waals surface area contributed by atoms with E-state index in [0.717, 1.165) is 76.2 Å². The van der Waals surface area contributed by atoms with E-state index in [-0.39, 0.29) is 28.7 Å². The molecule has 1 N–H and O–H groups in total. The van der Waals surface area contributed by atoms with Gasteiger partial charge < -0.3 is 24.6 Å². The Balaban J connectivity index is 0.00000300. The normalized spacial score (nSPS) is 19.5. The SMILES string of the molecule is CCSC1(CNC(=NC)N2CCN(c3ccc(OC)cc3)CC2)CCOCC1.I. The van der Waals surface area contributed by atoms with Gasteiger partial charge in [0.15, 0.2) is 5.96 Å². The molecular weight excluding hydrogens is 499 g/mol. The van der Waals surface area contributed by atoms with Crippen molar-refractivity contribution in [3.8, 4) is 5.75 Å². The molecule has 0 unspecified atom stereocenters. The molecule has 29 heavy (non-hydrogen) atoms. The van der Waals surface area contributed by atoms with Gasteiger partial charge in [-0.1, -0.05) is 6.92 Å². The van der Waals surface area contributed by atoms with Crippen molar-refractivity contribution in [2.45, 2.75) is 24.5 Å². The van der Waals surface area contributed by atoms with Crippen molar-refractivity contribution in [1.82, 2.24) is 10.2 Å². The molecule has 2 saturated heterocycles. The summed E-state index contributed by atoms with van der Waals surface area (Å²) in [6, 6.07) is 8.33. The average molecular weight is 535 g/mol. The lowest BCUT2D eigenvalue weighted by Gasteiger charge is -2.40. The molecule has 2 aliphatic rings. The van der Waals surface area contributed by atoms with Crippen molar-refractivity contribution in [2.24, 2.45) is 4.99 Å². The lowest BCUT2D eigenvalue weighted by atomic mass is 9.99. The first-order valence-corrected chi connectivity index (χ1v) is 11.2. The Kier molecular flexibility index (Phi) is 10.2. The minimum atomic E-state index is 0. The van der Waals surface area contributed by atoms with Gasteiger partial charge in [0.2, 0.25) is 0 Å². The van der Waals surface area contributed by atoms with Crippen LogP contribution >= 0.6 is 35.7 Å². The van der Waals surface area contributed by atoms with Crippen LogP contribution in [0.5, 0.6) is 5.75 Å². The van der Waals surface area contributed by atoms with E-state index in [0.29, 0.717) is 0 Å². The van der Waals surface area contributed by atoms with Gasteiger partial charge in [0, 0.05) is 63.4 Å². The first-order valence-electron chi connectivity index (χ1n) is 10.3. The number of piperazine rings is 1. The number of hydrogen-bond donors (Lipinski definition) is 1. The molecule has 164 valence electrons. The number of anilines is 1. The van der Waals surface area contributed by atoms with Crippen LogP contribution in [0.25, 0.3) is 0 Å². The Morgan fingerprint density at radius 1 is 1.17 bits per heavy atom. The van der Waals surface area contributed by atoms with Crippen LogP contribution in [0.1, 0.15) is 19.8 Å². The highest BCUT2D eigenvalue weighted by Crippen LogP contribution is 2.34. The fourth-order valence-corrected chi connectivity index (χ4v) is 5.21. The van der Waals surface area contributed by atoms with E-state index in [4.69, 9.17) is 9.47 Å². The number of aliphatic imine (C=N–C) groups is 1. The monoisotopic (exact) mass is 534 g/mol. The van der Waals surface area contributed by atoms with E-state index >= 15 is 0 Å². The van der Waals surface area contributed by atoms with Gasteiger partial charge in [0.05, 0.1) is 7.11 Å². The molecule has 1 aromatic rings. The van der Waals surface area contributed by atoms with Gasteiger partial charge in [-0.15, -0.1) is 24.0 Å². The Morgan fingerprint density at radius 2 is 1.83 bits per heavy atom. The van der Waals surface area contributed by atoms with Gasteiger partial charge in [0.25, 0.3) is 0 Å². The molecule has 0 saturated carbocycles. The standard InChI is InChI=1S/C21H34N4O2S.HI/c1-4-28-21(9-15-27-16-10-21)17-23-20(22-2)25-13-11-24(12-14-25)18-5-7-19(26-3)8-6-18;/h5-8H,4,9-17H2,1-3H3,(H,22,23);1H. The maximum Gasteiger partial charge on any atom is 0.193 e. The summed E-state index contributed by atoms with van der Waals surface area (Å²) in [6.45, 7) is 8.88. The number of rotatable bonds is 6. The summed E-state index contributed by atoms with van der Waals surface area (Å²) in [5.41, 5.74) is 1.25. The number of hydrogen-bond acceptors (Lipinski definition) is 5. The minimum Gasteiger partial charge on any atom is -0.497 e. The molecule has 0 radical (unpaired) electrons. The number of benzene rings is 1. The number of guanidine groups is 1. The third-order valence-corrected chi connectivity index (χ3v) is 7.11. The van der Waals surface area contributed by atoms with Crippen molar-refractivity contribution in [2.75, 3.05) is 70.7 Å². The number of thioether (sulfide) groups is 1. The molecule has 1 aromatic carbocycles. The van der Waals surface area contributed by atoms with Crippen molar-refractivity contribution < 1.29 is 9.47 Å². The molecule has 0 atom stereocenters. The highest BCUT2D eigenvalue weighted by molar-refractivity contribution is 14.0. The van der Waals surface area contributed by atoms with Crippen LogP contribution in [0.4, 0.5) is 5.69 Å². The molecule has 8 heteroatoms. The molecule has 2 aliphatic heterocycles. The molecule has 2 fully saturated rings. The summed E-state index contributed by atoms with van der Waals surface area (Å²) in [5, 5.41) is 3.67. The summed E-state index contributed by atoms with van der Waals surface area (Å²) < 4.78 is 11.1. The second kappa shape index (κ2) is 12.1. The maximum absolute atomic E-state index is 5.59. The third-order valence-electron chi connectivity index (χ3n) is 5.65. The van der Waals surface area contributed by atoms with Crippen molar-refractivity contribution in [1.29, 1.82) is 0 Å². The lowest BCUT2D eigenvalue weighted by molar-refractivity contribution is 0.0780. The Morgan fingerprint density at radius 3 is 2.38 bits per heavy atom. The van der Waals surface area contributed by atoms with E-state index in [1.165, 1.54) is 5.69 Å². The lowest BCUT2D eigenvalue weighted by Crippen LogP contribution is -2.55. The van der Waals surface area contributed by atoms with Crippen LogP contribution in [-0.4, -0.2) is 81.5 Å². The van der Waals surface area contributed by atoms with Crippen molar-refractivity contribution in [3.05, 3.63) is 24.3 Å². The number of ether oxygens (including phenoxy) is 2. The number of nitrogens with zero attached hydrogens (tertiary/aromatic N) is 3. The van der Waals surface area contributed by atoms with Crippen LogP contribution in [0.3, 0.4) is 0 Å². The fourth-order valence-electron chi connectivity index (χ4n) is 3.96. The smallest absolute Gasteiger partial charge is 0.193 e. The molecule has 0 bridgehead atoms. The average Bonchev–Trinajstić information content (AvgIpc) is 2.76. The molecular formula is C21H35IN4O2S. The predicted octanol–water partition coefficient (Wildman–Crippen LogP) is 3.31. The Bertz CT molecular complexity index is 625. The van der Waals surface area contributed by atoms with Crippen molar-refractivity contribution >= 4 is 47.4 Å². The molecule has 0 spiro atoms. The van der Waals surface area contributed by atoms with Gasteiger partial charge in [0.1, 0.15) is 5.75 Å². The minimum absolute atomic E-state index is 0. The fraction of sp³-hybridized carbons (Fsp3) is 0.667. The Labute approximate surface area is 196 Å². The predicted molar refractivity (Wildman–Crippen MR) is 134 cm³/mol. The highest BCUT2D eigenvalue weighted by atomic mass is 127. The maximum atomic E-state index is 5.59. The molecule has 0 aromatic heterocycles. The van der Waals surface area contributed by atoms with E-state index in [9.17, 15) is 0 Å². The van der Waals surface area contributed by atoms with Crippen LogP contribution < -0.4 is 15.0 Å². The summed E-state index contributed by atoms with van der Waals surface area (Å²) >= 11 is 2.06. The summed E-state index contributed by atoms with van der Waals surface area (Å²) in [6.07, 6.45) is 2.22. The van der Waals surface area contributed by atoms with Crippen LogP contribution in [0.15, 0.2) is 29.3 Å². The topological polar surface area (TPSA) is 49.3 Å². The van der Waals surface area contributed by atoms with Gasteiger partial charge in [-0.25, -0.2) is 0 Å². The molecule has 0 aliphatic carbocycles. The Hall–Kier alpha value is -0.870. The zero-order chi connectivity index (χ0) is 19.8. The zero-order valence-corrected chi connectivity index (χ0v) is 21.0. The second-order valence-corrected chi connectivity index (χ2v) is 9.03. The van der Waals surface area contributed by atoms with Gasteiger partial charge in [-0.05, 0) is 42.9 Å². The van der Waals surface area contributed by atoms with Gasteiger partial charge in [-0.3, -0.25) is 4.99 Å². The van der Waals surface area contributed by atoms with E-state index < -0.39 is 0 Å². The zero-order valence-electron chi connectivity index (χ0n) is 17.9. The van der Waals surface area contributed by atoms with Gasteiger partial charge >= 0.3 is 0 Å². The molecule has 6 nitrogen and oxygen atoms in total. The highest BCUT2D eigenvalue weighted by Gasteiger charge is 2.33. The van der Waals surface area contributed by atoms with Crippen LogP contribution in [0, 0.1) is 0 Å². The molecule has 0 amide bonds.